The number of carbonyl (C=O) groups is 1. The van der Waals surface area contributed by atoms with Gasteiger partial charge in [-0.2, -0.15) is 0 Å². The number of hydrogen-bond donors (Lipinski definition) is 1. The van der Waals surface area contributed by atoms with E-state index in [1.165, 1.54) is 35.0 Å². The van der Waals surface area contributed by atoms with Crippen LogP contribution in [0, 0.1) is 23.3 Å². The smallest absolute Gasteiger partial charge is 0.356 e. The number of ether oxygens (including phenoxy) is 1. The molecule has 0 fully saturated rings. The monoisotopic (exact) mass is 393 g/mol. The number of esters is 1. The molecule has 9 heteroatoms. The number of aromatic nitrogens is 2. The molecule has 3 rings (SSSR count). The number of nitrogens with zero attached hydrogens (tertiary/aromatic N) is 2. The van der Waals surface area contributed by atoms with Gasteiger partial charge in [0, 0.05) is 5.69 Å². The van der Waals surface area contributed by atoms with Crippen molar-refractivity contribution in [2.75, 3.05) is 11.9 Å². The summed E-state index contributed by atoms with van der Waals surface area (Å²) >= 11 is 0. The Labute approximate surface area is 157 Å². The molecular weight excluding hydrogens is 378 g/mol. The molecule has 1 N–H and O–H groups in total. The maximum Gasteiger partial charge on any atom is 0.356 e. The Balaban J connectivity index is 1.98. The van der Waals surface area contributed by atoms with Gasteiger partial charge in [-0.1, -0.05) is 0 Å². The van der Waals surface area contributed by atoms with Gasteiger partial charge >= 0.3 is 5.97 Å². The van der Waals surface area contributed by atoms with Crippen molar-refractivity contribution in [1.82, 2.24) is 9.55 Å². The van der Waals surface area contributed by atoms with E-state index in [1.54, 1.807) is 6.92 Å². The number of halogens is 4. The molecule has 0 aliphatic heterocycles. The van der Waals surface area contributed by atoms with Crippen LogP contribution in [0.5, 0.6) is 0 Å². The molecule has 1 heterocycles. The molecule has 2 aromatic carbocycles. The van der Waals surface area contributed by atoms with Crippen LogP contribution in [0.3, 0.4) is 0 Å². The van der Waals surface area contributed by atoms with E-state index >= 15 is 0 Å². The molecule has 0 radical (unpaired) electrons. The zero-order valence-corrected chi connectivity index (χ0v) is 14.7. The van der Waals surface area contributed by atoms with Crippen LogP contribution in [0.15, 0.2) is 42.6 Å². The lowest BCUT2D eigenvalue weighted by Crippen LogP contribution is -2.15. The fourth-order valence-corrected chi connectivity index (χ4v) is 2.60. The van der Waals surface area contributed by atoms with Crippen molar-refractivity contribution in [2.45, 2.75) is 13.5 Å². The minimum atomic E-state index is -1.37. The lowest BCUT2D eigenvalue weighted by molar-refractivity contribution is 0.0516. The second-order valence-corrected chi connectivity index (χ2v) is 5.66. The summed E-state index contributed by atoms with van der Waals surface area (Å²) < 4.78 is 60.6. The number of carbonyl (C=O) groups excluding carboxylic acids is 1. The molecule has 0 saturated carbocycles. The van der Waals surface area contributed by atoms with Gasteiger partial charge in [0.25, 0.3) is 0 Å². The molecule has 28 heavy (non-hydrogen) atoms. The van der Waals surface area contributed by atoms with Gasteiger partial charge in [0.2, 0.25) is 0 Å². The first kappa shape index (κ1) is 19.4. The Morgan fingerprint density at radius 1 is 1.07 bits per heavy atom. The normalized spacial score (nSPS) is 10.8. The molecular formula is C19H15F4N3O2. The molecule has 5 nitrogen and oxygen atoms in total. The summed E-state index contributed by atoms with van der Waals surface area (Å²) in [7, 11) is 0. The van der Waals surface area contributed by atoms with Gasteiger partial charge in [0.1, 0.15) is 23.1 Å². The van der Waals surface area contributed by atoms with Crippen LogP contribution in [0.2, 0.25) is 0 Å². The molecule has 1 aromatic heterocycles. The molecule has 0 spiro atoms. The molecule has 0 amide bonds. The summed E-state index contributed by atoms with van der Waals surface area (Å²) in [5.74, 6) is -4.54. The minimum Gasteiger partial charge on any atom is -0.461 e. The molecule has 146 valence electrons. The van der Waals surface area contributed by atoms with Gasteiger partial charge in [-0.25, -0.2) is 27.3 Å². The Morgan fingerprint density at radius 2 is 1.75 bits per heavy atom. The zero-order valence-electron chi connectivity index (χ0n) is 14.7. The highest BCUT2D eigenvalue weighted by Gasteiger charge is 2.20. The third kappa shape index (κ3) is 3.83. The second-order valence-electron chi connectivity index (χ2n) is 5.66. The van der Waals surface area contributed by atoms with E-state index in [2.05, 4.69) is 10.3 Å². The first-order valence-corrected chi connectivity index (χ1v) is 8.29. The molecule has 0 atom stereocenters. The van der Waals surface area contributed by atoms with Crippen LogP contribution >= 0.6 is 0 Å². The van der Waals surface area contributed by atoms with Gasteiger partial charge in [-0.15, -0.1) is 0 Å². The average Bonchev–Trinajstić information content (AvgIpc) is 3.10. The summed E-state index contributed by atoms with van der Waals surface area (Å²) in [5.41, 5.74) is -0.226. The second kappa shape index (κ2) is 8.12. The highest BCUT2D eigenvalue weighted by atomic mass is 19.2. The van der Waals surface area contributed by atoms with Crippen molar-refractivity contribution in [1.29, 1.82) is 0 Å². The van der Waals surface area contributed by atoms with Crippen molar-refractivity contribution in [2.24, 2.45) is 0 Å². The van der Waals surface area contributed by atoms with Gasteiger partial charge < -0.3 is 10.1 Å². The number of benzene rings is 2. The summed E-state index contributed by atoms with van der Waals surface area (Å²) in [4.78, 5) is 16.3. The Bertz CT molecular complexity index is 1000. The third-order valence-corrected chi connectivity index (χ3v) is 3.87. The van der Waals surface area contributed by atoms with Crippen molar-refractivity contribution < 1.29 is 27.1 Å². The van der Waals surface area contributed by atoms with Crippen molar-refractivity contribution >= 4 is 11.7 Å². The zero-order chi connectivity index (χ0) is 20.3. The number of imidazole rings is 1. The lowest BCUT2D eigenvalue weighted by Gasteiger charge is -2.13. The molecule has 0 aliphatic carbocycles. The highest BCUT2D eigenvalue weighted by Crippen LogP contribution is 2.23. The molecule has 0 aliphatic rings. The Kier molecular flexibility index (Phi) is 5.62. The SMILES string of the molecule is CCOC(=O)c1cnc(CNc2c(F)ccc(F)c2F)n1-c1ccc(F)cc1. The summed E-state index contributed by atoms with van der Waals surface area (Å²) in [5, 5.41) is 2.44. The van der Waals surface area contributed by atoms with Crippen LogP contribution in [-0.2, 0) is 11.3 Å². The van der Waals surface area contributed by atoms with Crippen LogP contribution in [0.4, 0.5) is 23.2 Å². The van der Waals surface area contributed by atoms with Crippen LogP contribution in [0.25, 0.3) is 5.69 Å². The van der Waals surface area contributed by atoms with Gasteiger partial charge in [-0.3, -0.25) is 4.57 Å². The van der Waals surface area contributed by atoms with Crippen LogP contribution in [0.1, 0.15) is 23.2 Å². The molecule has 0 saturated heterocycles. The minimum absolute atomic E-state index is 0.0467. The Hall–Kier alpha value is -3.36. The molecule has 3 aromatic rings. The predicted octanol–water partition coefficient (Wildman–Crippen LogP) is 4.22. The quantitative estimate of drug-likeness (QED) is 0.387. The molecule has 0 bridgehead atoms. The topological polar surface area (TPSA) is 56.1 Å². The summed E-state index contributed by atoms with van der Waals surface area (Å²) in [6.45, 7) is 1.52. The van der Waals surface area contributed by atoms with E-state index in [0.717, 1.165) is 6.07 Å². The third-order valence-electron chi connectivity index (χ3n) is 3.87. The highest BCUT2D eigenvalue weighted by molar-refractivity contribution is 5.88. The first-order chi connectivity index (χ1) is 13.4. The summed E-state index contributed by atoms with van der Waals surface area (Å²) in [6.07, 6.45) is 1.23. The fourth-order valence-electron chi connectivity index (χ4n) is 2.60. The van der Waals surface area contributed by atoms with Crippen LogP contribution < -0.4 is 5.32 Å². The van der Waals surface area contributed by atoms with Crippen LogP contribution in [-0.4, -0.2) is 22.1 Å². The van der Waals surface area contributed by atoms with E-state index in [-0.39, 0.29) is 24.7 Å². The first-order valence-electron chi connectivity index (χ1n) is 8.29. The number of hydrogen-bond acceptors (Lipinski definition) is 4. The maximum atomic E-state index is 13.8. The lowest BCUT2D eigenvalue weighted by atomic mass is 10.2. The maximum absolute atomic E-state index is 13.8. The largest absolute Gasteiger partial charge is 0.461 e. The fraction of sp³-hybridized carbons (Fsp3) is 0.158. The number of anilines is 1. The standard InChI is InChI=1S/C19H15F4N3O2/c1-2-28-19(27)15-9-24-16(26(15)12-5-3-11(20)4-6-12)10-25-18-14(22)8-7-13(21)17(18)23/h3-9,25H,2,10H2,1H3. The van der Waals surface area contributed by atoms with Gasteiger partial charge in [0.15, 0.2) is 17.3 Å². The molecule has 0 unspecified atom stereocenters. The van der Waals surface area contributed by atoms with Gasteiger partial charge in [0.05, 0.1) is 19.3 Å². The van der Waals surface area contributed by atoms with Gasteiger partial charge in [-0.05, 0) is 43.3 Å². The van der Waals surface area contributed by atoms with E-state index < -0.39 is 34.9 Å². The van der Waals surface area contributed by atoms with Crippen molar-refractivity contribution in [3.63, 3.8) is 0 Å². The van der Waals surface area contributed by atoms with E-state index in [1.807, 2.05) is 0 Å². The van der Waals surface area contributed by atoms with Crippen molar-refractivity contribution in [3.8, 4) is 5.69 Å². The average molecular weight is 393 g/mol. The van der Waals surface area contributed by atoms with Crippen molar-refractivity contribution in [3.05, 3.63) is 77.4 Å². The number of nitrogens with one attached hydrogen (secondary N) is 1. The van der Waals surface area contributed by atoms with E-state index in [4.69, 9.17) is 4.74 Å². The Morgan fingerprint density at radius 3 is 2.43 bits per heavy atom. The van der Waals surface area contributed by atoms with E-state index in [0.29, 0.717) is 11.8 Å². The van der Waals surface area contributed by atoms with E-state index in [9.17, 15) is 22.4 Å². The predicted molar refractivity (Wildman–Crippen MR) is 93.1 cm³/mol. The number of rotatable bonds is 6. The summed E-state index contributed by atoms with van der Waals surface area (Å²) in [6, 6.07) is 6.66.